The molecule has 0 radical (unpaired) electrons. The van der Waals surface area contributed by atoms with E-state index in [9.17, 15) is 18.0 Å². The van der Waals surface area contributed by atoms with Gasteiger partial charge in [-0.2, -0.15) is 0 Å². The topological polar surface area (TPSA) is 96.0 Å². The first-order valence-electron chi connectivity index (χ1n) is 12.9. The zero-order valence-electron chi connectivity index (χ0n) is 23.1. The number of nitrogens with zero attached hydrogens (tertiary/aromatic N) is 2. The fraction of sp³-hybridized carbons (Fsp3) is 0.310. The van der Waals surface area contributed by atoms with Gasteiger partial charge in [-0.15, -0.1) is 0 Å². The Bertz CT molecular complexity index is 1480. The Kier molecular flexibility index (Phi) is 11.3. The van der Waals surface area contributed by atoms with Gasteiger partial charge in [0.15, 0.2) is 0 Å². The predicted molar refractivity (Wildman–Crippen MR) is 163 cm³/mol. The van der Waals surface area contributed by atoms with E-state index in [-0.39, 0.29) is 40.5 Å². The van der Waals surface area contributed by atoms with Gasteiger partial charge >= 0.3 is 0 Å². The molecular weight excluding hydrogens is 609 g/mol. The largest absolute Gasteiger partial charge is 0.492 e. The molecule has 0 aliphatic carbocycles. The monoisotopic (exact) mass is 639 g/mol. The number of para-hydroxylation sites is 2. The maximum Gasteiger partial charge on any atom is 0.264 e. The van der Waals surface area contributed by atoms with Crippen molar-refractivity contribution in [3.63, 3.8) is 0 Å². The molecule has 3 aromatic rings. The number of ether oxygens (including phenoxy) is 1. The van der Waals surface area contributed by atoms with Crippen LogP contribution in [0.25, 0.3) is 0 Å². The molecule has 0 saturated heterocycles. The van der Waals surface area contributed by atoms with Crippen molar-refractivity contribution < 1.29 is 22.7 Å². The van der Waals surface area contributed by atoms with E-state index in [0.29, 0.717) is 15.6 Å². The Morgan fingerprint density at radius 3 is 2.20 bits per heavy atom. The highest BCUT2D eigenvalue weighted by atomic mass is 35.5. The van der Waals surface area contributed by atoms with E-state index < -0.39 is 34.4 Å². The lowest BCUT2D eigenvalue weighted by molar-refractivity contribution is -0.139. The number of anilines is 1. The number of amides is 2. The van der Waals surface area contributed by atoms with E-state index in [1.54, 1.807) is 70.2 Å². The normalized spacial score (nSPS) is 12.1. The lowest BCUT2D eigenvalue weighted by Gasteiger charge is -2.32. The quantitative estimate of drug-likeness (QED) is 0.255. The minimum atomic E-state index is -4.28. The van der Waals surface area contributed by atoms with Crippen LogP contribution < -0.4 is 14.4 Å². The molecule has 8 nitrogen and oxygen atoms in total. The molecular formula is C29H32Cl3N3O5S. The van der Waals surface area contributed by atoms with E-state index in [1.807, 2.05) is 0 Å². The molecule has 1 atom stereocenters. The van der Waals surface area contributed by atoms with Crippen molar-refractivity contribution in [2.24, 2.45) is 0 Å². The average molecular weight is 641 g/mol. The van der Waals surface area contributed by atoms with Gasteiger partial charge in [-0.3, -0.25) is 13.9 Å². The van der Waals surface area contributed by atoms with Gasteiger partial charge < -0.3 is 15.0 Å². The number of benzene rings is 3. The van der Waals surface area contributed by atoms with Crippen molar-refractivity contribution in [2.45, 2.75) is 51.2 Å². The molecule has 41 heavy (non-hydrogen) atoms. The van der Waals surface area contributed by atoms with Crippen molar-refractivity contribution in [1.82, 2.24) is 10.2 Å². The summed E-state index contributed by atoms with van der Waals surface area (Å²) in [6, 6.07) is 16.0. The van der Waals surface area contributed by atoms with Gasteiger partial charge in [0.25, 0.3) is 10.0 Å². The molecule has 0 heterocycles. The van der Waals surface area contributed by atoms with Crippen LogP contribution in [-0.2, 0) is 26.2 Å². The van der Waals surface area contributed by atoms with Gasteiger partial charge in [0.05, 0.1) is 27.2 Å². The number of rotatable bonds is 12. The number of hydrogen-bond donors (Lipinski definition) is 1. The fourth-order valence-corrected chi connectivity index (χ4v) is 5.88. The number of hydrogen-bond acceptors (Lipinski definition) is 5. The van der Waals surface area contributed by atoms with Gasteiger partial charge in [-0.25, -0.2) is 8.42 Å². The molecule has 2 amide bonds. The minimum Gasteiger partial charge on any atom is -0.492 e. The molecule has 1 N–H and O–H groups in total. The van der Waals surface area contributed by atoms with Crippen LogP contribution in [0.1, 0.15) is 33.3 Å². The van der Waals surface area contributed by atoms with Crippen LogP contribution in [0.2, 0.25) is 15.1 Å². The van der Waals surface area contributed by atoms with Crippen LogP contribution in [0.4, 0.5) is 5.69 Å². The van der Waals surface area contributed by atoms with Crippen molar-refractivity contribution in [3.05, 3.63) is 87.4 Å². The lowest BCUT2D eigenvalue weighted by atomic mass is 10.1. The average Bonchev–Trinajstić information content (AvgIpc) is 2.92. The van der Waals surface area contributed by atoms with Crippen LogP contribution in [0.15, 0.2) is 71.6 Å². The van der Waals surface area contributed by atoms with Gasteiger partial charge in [0.2, 0.25) is 11.8 Å². The summed E-state index contributed by atoms with van der Waals surface area (Å²) in [6.07, 6.45) is 0. The summed E-state index contributed by atoms with van der Waals surface area (Å²) in [5.41, 5.74) is 0.783. The third-order valence-electron chi connectivity index (χ3n) is 6.05. The molecule has 0 bridgehead atoms. The second kappa shape index (κ2) is 14.3. The number of carbonyl (C=O) groups is 2. The predicted octanol–water partition coefficient (Wildman–Crippen LogP) is 6.18. The van der Waals surface area contributed by atoms with E-state index in [4.69, 9.17) is 39.5 Å². The van der Waals surface area contributed by atoms with Gasteiger partial charge in [-0.1, -0.05) is 53.0 Å². The maximum atomic E-state index is 14.0. The summed E-state index contributed by atoms with van der Waals surface area (Å²) >= 11 is 18.3. The molecule has 3 aromatic carbocycles. The fourth-order valence-electron chi connectivity index (χ4n) is 4.01. The Balaban J connectivity index is 2.09. The lowest BCUT2D eigenvalue weighted by Crippen LogP contribution is -2.52. The Morgan fingerprint density at radius 2 is 1.59 bits per heavy atom. The molecule has 3 rings (SSSR count). The Morgan fingerprint density at radius 1 is 0.927 bits per heavy atom. The standard InChI is InChI=1S/C29H32Cl3N3O5S/c1-5-40-27-9-7-6-8-26(27)35(41(38,39)23-13-11-22(30)12-14-23)18-28(36)34(20(4)29(37)33-19(2)3)17-21-10-15-24(31)25(32)16-21/h6-16,19-20H,5,17-18H2,1-4H3,(H,33,37)/t20-/m1/s1. The van der Waals surface area contributed by atoms with Crippen LogP contribution in [0, 0.1) is 0 Å². The molecule has 0 aliphatic rings. The Labute approximate surface area is 256 Å². The van der Waals surface area contributed by atoms with Gasteiger partial charge in [0, 0.05) is 17.6 Å². The molecule has 0 unspecified atom stereocenters. The van der Waals surface area contributed by atoms with Crippen LogP contribution in [0.5, 0.6) is 5.75 Å². The third-order valence-corrected chi connectivity index (χ3v) is 8.81. The smallest absolute Gasteiger partial charge is 0.264 e. The highest BCUT2D eigenvalue weighted by Gasteiger charge is 2.34. The second-order valence-corrected chi connectivity index (χ2v) is 12.6. The Hall–Kier alpha value is -2.98. The van der Waals surface area contributed by atoms with Crippen molar-refractivity contribution in [2.75, 3.05) is 17.5 Å². The number of nitrogens with one attached hydrogen (secondary N) is 1. The first kappa shape index (κ1) is 32.5. The summed E-state index contributed by atoms with van der Waals surface area (Å²) in [5, 5.41) is 3.80. The zero-order chi connectivity index (χ0) is 30.3. The van der Waals surface area contributed by atoms with Crippen LogP contribution in [0.3, 0.4) is 0 Å². The highest BCUT2D eigenvalue weighted by Crippen LogP contribution is 2.33. The van der Waals surface area contributed by atoms with Crippen molar-refractivity contribution >= 4 is 62.3 Å². The summed E-state index contributed by atoms with van der Waals surface area (Å²) in [7, 11) is -4.28. The first-order valence-corrected chi connectivity index (χ1v) is 15.5. The number of sulfonamides is 1. The number of halogens is 3. The van der Waals surface area contributed by atoms with Crippen molar-refractivity contribution in [1.29, 1.82) is 0 Å². The summed E-state index contributed by atoms with van der Waals surface area (Å²) in [4.78, 5) is 28.3. The zero-order valence-corrected chi connectivity index (χ0v) is 26.2. The second-order valence-electron chi connectivity index (χ2n) is 9.48. The van der Waals surface area contributed by atoms with Crippen LogP contribution >= 0.6 is 34.8 Å². The molecule has 0 spiro atoms. The van der Waals surface area contributed by atoms with E-state index in [0.717, 1.165) is 4.31 Å². The minimum absolute atomic E-state index is 0.0235. The van der Waals surface area contributed by atoms with Crippen LogP contribution in [-0.4, -0.2) is 50.4 Å². The molecule has 220 valence electrons. The van der Waals surface area contributed by atoms with Gasteiger partial charge in [0.1, 0.15) is 18.3 Å². The molecule has 0 saturated carbocycles. The molecule has 0 aromatic heterocycles. The van der Waals surface area contributed by atoms with E-state index >= 15 is 0 Å². The van der Waals surface area contributed by atoms with Gasteiger partial charge in [-0.05, 0) is 81.8 Å². The molecule has 12 heteroatoms. The SMILES string of the molecule is CCOc1ccccc1N(CC(=O)N(Cc1ccc(Cl)c(Cl)c1)[C@H](C)C(=O)NC(C)C)S(=O)(=O)c1ccc(Cl)cc1. The summed E-state index contributed by atoms with van der Waals surface area (Å²) in [6.45, 7) is 6.60. The third kappa shape index (κ3) is 8.29. The first-order chi connectivity index (χ1) is 19.3. The number of carbonyl (C=O) groups excluding carboxylic acids is 2. The molecule has 0 aliphatic heterocycles. The highest BCUT2D eigenvalue weighted by molar-refractivity contribution is 7.92. The van der Waals surface area contributed by atoms with Crippen molar-refractivity contribution in [3.8, 4) is 5.75 Å². The summed E-state index contributed by atoms with van der Waals surface area (Å²) < 4.78 is 34.7. The van der Waals surface area contributed by atoms with E-state index in [1.165, 1.54) is 29.2 Å². The van der Waals surface area contributed by atoms with E-state index in [2.05, 4.69) is 5.32 Å². The maximum absolute atomic E-state index is 14.0. The molecule has 0 fully saturated rings. The summed E-state index contributed by atoms with van der Waals surface area (Å²) in [5.74, 6) is -0.733.